The number of halogens is 3. The molecule has 13 heteroatoms. The Morgan fingerprint density at radius 1 is 0.909 bits per heavy atom. The third-order valence-corrected chi connectivity index (χ3v) is 7.54. The normalized spacial score (nSPS) is 13.5. The second-order valence-electron chi connectivity index (χ2n) is 10.4. The van der Waals surface area contributed by atoms with Gasteiger partial charge in [-0.1, -0.05) is 36.4 Å². The van der Waals surface area contributed by atoms with E-state index < -0.39 is 17.2 Å². The Balaban J connectivity index is 0.000000171. The van der Waals surface area contributed by atoms with Gasteiger partial charge in [0.05, 0.1) is 13.1 Å². The Hall–Kier alpha value is -4.49. The van der Waals surface area contributed by atoms with Crippen molar-refractivity contribution < 1.29 is 44.9 Å². The monoisotopic (exact) mass is 665 g/mol. The molecule has 0 unspecified atom stereocenters. The van der Waals surface area contributed by atoms with E-state index in [4.69, 9.17) is 9.47 Å². The molecule has 228 valence electrons. The van der Waals surface area contributed by atoms with E-state index in [1.54, 1.807) is 0 Å². The van der Waals surface area contributed by atoms with Gasteiger partial charge >= 0.3 is 0 Å². The van der Waals surface area contributed by atoms with E-state index in [-0.39, 0.29) is 35.6 Å². The topological polar surface area (TPSA) is 103 Å². The van der Waals surface area contributed by atoms with Crippen LogP contribution in [0.3, 0.4) is 0 Å². The van der Waals surface area contributed by atoms with Gasteiger partial charge in [-0.2, -0.15) is 10.2 Å². The summed E-state index contributed by atoms with van der Waals surface area (Å²) in [7, 11) is 0. The summed E-state index contributed by atoms with van der Waals surface area (Å²) in [5.74, 6) is 0.195. The molecule has 7 rings (SSSR count). The number of hydrogen-bond acceptors (Lipinski definition) is 7. The Morgan fingerprint density at radius 3 is 2.18 bits per heavy atom. The lowest BCUT2D eigenvalue weighted by Gasteiger charge is -2.28. The molecule has 0 saturated carbocycles. The Bertz CT molecular complexity index is 1700. The smallest absolute Gasteiger partial charge is 0.231 e. The first-order chi connectivity index (χ1) is 20.9. The highest BCUT2D eigenvalue weighted by molar-refractivity contribution is 5.97. The van der Waals surface area contributed by atoms with Crippen molar-refractivity contribution in [3.63, 3.8) is 0 Å². The molecule has 0 atom stereocenters. The van der Waals surface area contributed by atoms with Crippen LogP contribution in [0.15, 0.2) is 86.0 Å². The van der Waals surface area contributed by atoms with Crippen LogP contribution in [-0.4, -0.2) is 58.3 Å². The molecule has 4 heterocycles. The molecule has 0 bridgehead atoms. The zero-order valence-electron chi connectivity index (χ0n) is 23.9. The van der Waals surface area contributed by atoms with Crippen molar-refractivity contribution >= 4 is 5.71 Å². The van der Waals surface area contributed by atoms with Crippen LogP contribution >= 0.6 is 0 Å². The summed E-state index contributed by atoms with van der Waals surface area (Å²) >= 11 is 0. The fraction of sp³-hybridized carbons (Fsp3) is 0.258. The van der Waals surface area contributed by atoms with Gasteiger partial charge in [0.25, 0.3) is 0 Å². The van der Waals surface area contributed by atoms with E-state index in [9.17, 15) is 13.9 Å². The summed E-state index contributed by atoms with van der Waals surface area (Å²) in [5.41, 5.74) is 3.57. The molecule has 0 radical (unpaired) electrons. The third kappa shape index (κ3) is 6.84. The molecule has 0 fully saturated rings. The Kier molecular flexibility index (Phi) is 9.45. The van der Waals surface area contributed by atoms with Crippen molar-refractivity contribution in [2.45, 2.75) is 38.6 Å². The number of rotatable bonds is 7. The van der Waals surface area contributed by atoms with E-state index in [2.05, 4.69) is 74.1 Å². The highest BCUT2D eigenvalue weighted by Gasteiger charge is 2.34. The maximum atomic E-state index is 14.1. The summed E-state index contributed by atoms with van der Waals surface area (Å²) in [4.78, 5) is 7.57. The van der Waals surface area contributed by atoms with Crippen molar-refractivity contribution in [2.75, 3.05) is 13.3 Å². The molecule has 2 aliphatic heterocycles. The minimum Gasteiger partial charge on any atom is -1.00 e. The van der Waals surface area contributed by atoms with E-state index in [1.165, 1.54) is 63.1 Å². The Labute approximate surface area is 263 Å². The first kappa shape index (κ1) is 31.0. The summed E-state index contributed by atoms with van der Waals surface area (Å²) < 4.78 is 43.4. The van der Waals surface area contributed by atoms with Gasteiger partial charge in [-0.15, -0.1) is 0 Å². The summed E-state index contributed by atoms with van der Waals surface area (Å²) in [6.45, 7) is 4.40. The minimum atomic E-state index is -1.70. The number of ether oxygens (including phenoxy) is 2. The second kappa shape index (κ2) is 13.4. The summed E-state index contributed by atoms with van der Waals surface area (Å²) in [6.07, 6.45) is 6.45. The van der Waals surface area contributed by atoms with Crippen LogP contribution in [0.1, 0.15) is 29.2 Å². The lowest BCUT2D eigenvalue weighted by Crippen LogP contribution is -3.00. The fourth-order valence-electron chi connectivity index (χ4n) is 5.37. The zero-order valence-corrected chi connectivity index (χ0v) is 25.4. The maximum Gasteiger partial charge on any atom is 0.231 e. The van der Waals surface area contributed by atoms with Crippen LogP contribution < -0.4 is 26.5 Å². The number of aromatic nitrogens is 6. The molecule has 2 aromatic heterocycles. The molecule has 2 aliphatic rings. The average Bonchev–Trinajstić information content (AvgIpc) is 3.78. The molecule has 1 N–H and O–H groups in total. The molecule has 3 aromatic carbocycles. The molecular weight excluding hydrogens is 636 g/mol. The highest BCUT2D eigenvalue weighted by atomic mass is 79.9. The van der Waals surface area contributed by atoms with Crippen LogP contribution in [-0.2, 0) is 31.7 Å². The van der Waals surface area contributed by atoms with Crippen molar-refractivity contribution in [1.29, 1.82) is 0 Å². The average molecular weight is 667 g/mol. The van der Waals surface area contributed by atoms with Crippen LogP contribution in [0.4, 0.5) is 8.78 Å². The molecule has 5 aromatic rings. The van der Waals surface area contributed by atoms with E-state index in [0.717, 1.165) is 43.1 Å². The predicted octanol–water partition coefficient (Wildman–Crippen LogP) is 0.733. The van der Waals surface area contributed by atoms with Crippen LogP contribution in [0.25, 0.3) is 0 Å². The molecule has 0 saturated heterocycles. The molecule has 0 aliphatic carbocycles. The van der Waals surface area contributed by atoms with Gasteiger partial charge in [-0.05, 0) is 23.8 Å². The van der Waals surface area contributed by atoms with E-state index in [1.807, 2.05) is 0 Å². The van der Waals surface area contributed by atoms with Gasteiger partial charge in [0.2, 0.25) is 6.79 Å². The van der Waals surface area contributed by atoms with Gasteiger partial charge in [0.1, 0.15) is 49.1 Å². The molecule has 44 heavy (non-hydrogen) atoms. The Morgan fingerprint density at radius 2 is 1.57 bits per heavy atom. The molecule has 10 nitrogen and oxygen atoms in total. The van der Waals surface area contributed by atoms with Gasteiger partial charge < -0.3 is 31.6 Å². The maximum absolute atomic E-state index is 14.1. The summed E-state index contributed by atoms with van der Waals surface area (Å²) in [6, 6.07) is 17.9. The van der Waals surface area contributed by atoms with Crippen molar-refractivity contribution in [3.05, 3.63) is 120 Å². The third-order valence-electron chi connectivity index (χ3n) is 7.54. The first-order valence-electron chi connectivity index (χ1n) is 13.8. The quantitative estimate of drug-likeness (QED) is 0.256. The number of fused-ring (bicyclic) bond motifs is 2. The largest absolute Gasteiger partial charge is 1.00 e. The van der Waals surface area contributed by atoms with Crippen LogP contribution in [0.5, 0.6) is 11.5 Å². The van der Waals surface area contributed by atoms with Gasteiger partial charge in [-0.3, -0.25) is 0 Å². The van der Waals surface area contributed by atoms with Crippen LogP contribution in [0.2, 0.25) is 0 Å². The van der Waals surface area contributed by atoms with E-state index in [0.29, 0.717) is 6.79 Å². The zero-order chi connectivity index (χ0) is 29.8. The second-order valence-corrected chi connectivity index (χ2v) is 10.4. The van der Waals surface area contributed by atoms with Crippen molar-refractivity contribution in [1.82, 2.24) is 29.5 Å². The number of aliphatic hydroxyl groups is 1. The first-order valence-corrected chi connectivity index (χ1v) is 13.8. The highest BCUT2D eigenvalue weighted by Crippen LogP contribution is 2.36. The molecular formula is C31H30BrF2N7O3. The molecule has 0 spiro atoms. The van der Waals surface area contributed by atoms with Gasteiger partial charge in [0.15, 0.2) is 23.8 Å². The number of hydrogen-bond donors (Lipinski definition) is 1. The predicted molar refractivity (Wildman–Crippen MR) is 152 cm³/mol. The number of benzene rings is 3. The number of nitrogens with zero attached hydrogens (tertiary/aromatic N) is 7. The molecule has 0 amide bonds. The van der Waals surface area contributed by atoms with E-state index >= 15 is 0 Å². The van der Waals surface area contributed by atoms with Crippen molar-refractivity contribution in [2.24, 2.45) is 0 Å². The standard InChI is InChI=1S/C18H18NO2.C13H12F2N6O.BrH/c1-13-16-10-18-17(20-12-21-18)9-15(16)7-8-19(13)11-14-5-3-2-4-6-14;14-10-1-2-11(12(15)3-10)13(22,4-20-8-16-6-18-20)5-21-9-17-7-19-21;/h2-6,9-10H,7-8,11-12H2,1H3;1-3,6-9,22H,4-5H2;1H/q+1;;/p-1. The lowest BCUT2D eigenvalue weighted by atomic mass is 9.93. The fourth-order valence-corrected chi connectivity index (χ4v) is 5.37. The lowest BCUT2D eigenvalue weighted by molar-refractivity contribution is -0.545. The van der Waals surface area contributed by atoms with Gasteiger partial charge in [-0.25, -0.2) is 32.7 Å². The van der Waals surface area contributed by atoms with Crippen LogP contribution in [0, 0.1) is 11.6 Å². The van der Waals surface area contributed by atoms with Crippen molar-refractivity contribution in [3.8, 4) is 11.5 Å². The SMILES string of the molecule is CC1=[N+](Cc2ccccc2)CCc2cc3c(cc21)OCO3.OC(Cn1cncn1)(Cn1cncn1)c1ccc(F)cc1F.[Br-]. The minimum absolute atomic E-state index is 0. The van der Waals surface area contributed by atoms with Gasteiger partial charge in [0, 0.05) is 36.1 Å². The summed E-state index contributed by atoms with van der Waals surface area (Å²) in [5, 5.41) is 18.8.